The predicted molar refractivity (Wildman–Crippen MR) is 92.6 cm³/mol. The van der Waals surface area contributed by atoms with Crippen molar-refractivity contribution < 1.29 is 4.79 Å². The van der Waals surface area contributed by atoms with E-state index in [0.29, 0.717) is 28.9 Å². The SMILES string of the molecule is CC(CCNC(=O)Cc1ccc(Cl)c(Cl)c1)c1ccccc1. The third-order valence-electron chi connectivity index (χ3n) is 3.62. The summed E-state index contributed by atoms with van der Waals surface area (Å²) in [6, 6.07) is 15.6. The van der Waals surface area contributed by atoms with Crippen LogP contribution >= 0.6 is 23.2 Å². The minimum absolute atomic E-state index is 0.00125. The summed E-state index contributed by atoms with van der Waals surface area (Å²) in [5.74, 6) is 0.421. The molecule has 22 heavy (non-hydrogen) atoms. The molecule has 0 heterocycles. The van der Waals surface area contributed by atoms with Crippen molar-refractivity contribution in [2.24, 2.45) is 0 Å². The first-order valence-corrected chi connectivity index (χ1v) is 8.07. The lowest BCUT2D eigenvalue weighted by Gasteiger charge is -2.12. The van der Waals surface area contributed by atoms with E-state index >= 15 is 0 Å². The number of hydrogen-bond acceptors (Lipinski definition) is 1. The second kappa shape index (κ2) is 8.21. The van der Waals surface area contributed by atoms with Crippen molar-refractivity contribution in [3.63, 3.8) is 0 Å². The van der Waals surface area contributed by atoms with E-state index in [0.717, 1.165) is 12.0 Å². The minimum atomic E-state index is -0.00125. The zero-order valence-corrected chi connectivity index (χ0v) is 14.0. The molecule has 0 aliphatic rings. The maximum absolute atomic E-state index is 11.9. The molecule has 0 aliphatic heterocycles. The number of rotatable bonds is 6. The number of hydrogen-bond donors (Lipinski definition) is 1. The van der Waals surface area contributed by atoms with Crippen LogP contribution in [0, 0.1) is 0 Å². The van der Waals surface area contributed by atoms with Crippen LogP contribution in [0.2, 0.25) is 10.0 Å². The van der Waals surface area contributed by atoms with Gasteiger partial charge in [-0.3, -0.25) is 4.79 Å². The van der Waals surface area contributed by atoms with Crippen molar-refractivity contribution in [2.45, 2.75) is 25.7 Å². The van der Waals surface area contributed by atoms with Crippen molar-refractivity contribution in [2.75, 3.05) is 6.54 Å². The van der Waals surface area contributed by atoms with Gasteiger partial charge in [0.2, 0.25) is 5.91 Å². The minimum Gasteiger partial charge on any atom is -0.356 e. The van der Waals surface area contributed by atoms with E-state index in [2.05, 4.69) is 24.4 Å². The van der Waals surface area contributed by atoms with Gasteiger partial charge in [-0.2, -0.15) is 0 Å². The molecule has 2 aromatic rings. The number of halogens is 2. The molecule has 0 saturated carbocycles. The quantitative estimate of drug-likeness (QED) is 0.803. The molecule has 0 spiro atoms. The Kier molecular flexibility index (Phi) is 6.29. The van der Waals surface area contributed by atoms with Crippen molar-refractivity contribution in [1.29, 1.82) is 0 Å². The average molecular weight is 336 g/mol. The molecule has 2 aromatic carbocycles. The molecule has 0 bridgehead atoms. The maximum Gasteiger partial charge on any atom is 0.224 e. The van der Waals surface area contributed by atoms with Crippen molar-refractivity contribution in [1.82, 2.24) is 5.32 Å². The Bertz CT molecular complexity index is 628. The zero-order valence-electron chi connectivity index (χ0n) is 12.5. The highest BCUT2D eigenvalue weighted by Crippen LogP contribution is 2.22. The van der Waals surface area contributed by atoms with Crippen LogP contribution in [0.15, 0.2) is 48.5 Å². The Labute approximate surface area is 141 Å². The van der Waals surface area contributed by atoms with Gasteiger partial charge in [0, 0.05) is 6.54 Å². The van der Waals surface area contributed by atoms with Crippen LogP contribution in [0.3, 0.4) is 0 Å². The van der Waals surface area contributed by atoms with Crippen LogP contribution in [0.25, 0.3) is 0 Å². The molecular weight excluding hydrogens is 317 g/mol. The summed E-state index contributed by atoms with van der Waals surface area (Å²) in [5.41, 5.74) is 2.16. The molecule has 0 fully saturated rings. The number of amides is 1. The van der Waals surface area contributed by atoms with Crippen LogP contribution in [0.1, 0.15) is 30.4 Å². The van der Waals surface area contributed by atoms with Gasteiger partial charge in [0.05, 0.1) is 16.5 Å². The highest BCUT2D eigenvalue weighted by molar-refractivity contribution is 6.42. The van der Waals surface area contributed by atoms with Crippen LogP contribution in [-0.4, -0.2) is 12.5 Å². The standard InChI is InChI=1S/C18H19Cl2NO/c1-13(15-5-3-2-4-6-15)9-10-21-18(22)12-14-7-8-16(19)17(20)11-14/h2-8,11,13H,9-10,12H2,1H3,(H,21,22). The lowest BCUT2D eigenvalue weighted by molar-refractivity contribution is -0.120. The summed E-state index contributed by atoms with van der Waals surface area (Å²) in [7, 11) is 0. The van der Waals surface area contributed by atoms with Gasteiger partial charge in [-0.25, -0.2) is 0 Å². The summed E-state index contributed by atoms with van der Waals surface area (Å²) in [4.78, 5) is 11.9. The Morgan fingerprint density at radius 3 is 2.50 bits per heavy atom. The molecule has 1 amide bonds. The summed E-state index contributed by atoms with van der Waals surface area (Å²) in [6.45, 7) is 2.83. The van der Waals surface area contributed by atoms with Crippen molar-refractivity contribution in [3.8, 4) is 0 Å². The third-order valence-corrected chi connectivity index (χ3v) is 4.36. The summed E-state index contributed by atoms with van der Waals surface area (Å²) in [6.07, 6.45) is 1.23. The highest BCUT2D eigenvalue weighted by atomic mass is 35.5. The monoisotopic (exact) mass is 335 g/mol. The van der Waals surface area contributed by atoms with Gasteiger partial charge >= 0.3 is 0 Å². The number of carbonyl (C=O) groups excluding carboxylic acids is 1. The molecule has 1 unspecified atom stereocenters. The van der Waals surface area contributed by atoms with Crippen LogP contribution < -0.4 is 5.32 Å². The topological polar surface area (TPSA) is 29.1 Å². The van der Waals surface area contributed by atoms with Gasteiger partial charge < -0.3 is 5.32 Å². The first-order valence-electron chi connectivity index (χ1n) is 7.32. The molecule has 0 saturated heterocycles. The van der Waals surface area contributed by atoms with Crippen LogP contribution in [0.4, 0.5) is 0 Å². The molecule has 2 rings (SSSR count). The smallest absolute Gasteiger partial charge is 0.224 e. The van der Waals surface area contributed by atoms with Gasteiger partial charge in [0.25, 0.3) is 0 Å². The molecular formula is C18H19Cl2NO. The summed E-state index contributed by atoms with van der Waals surface area (Å²) < 4.78 is 0. The van der Waals surface area contributed by atoms with Gasteiger partial charge in [-0.15, -0.1) is 0 Å². The second-order valence-corrected chi connectivity index (χ2v) is 6.19. The number of nitrogens with one attached hydrogen (secondary N) is 1. The normalized spacial score (nSPS) is 12.0. The Morgan fingerprint density at radius 1 is 1.09 bits per heavy atom. The molecule has 1 atom stereocenters. The average Bonchev–Trinajstić information content (AvgIpc) is 2.51. The maximum atomic E-state index is 11.9. The highest BCUT2D eigenvalue weighted by Gasteiger charge is 2.08. The van der Waals surface area contributed by atoms with Gasteiger partial charge in [0.15, 0.2) is 0 Å². The van der Waals surface area contributed by atoms with Gasteiger partial charge in [0.1, 0.15) is 0 Å². The molecule has 1 N–H and O–H groups in total. The van der Waals surface area contributed by atoms with E-state index < -0.39 is 0 Å². The van der Waals surface area contributed by atoms with Crippen LogP contribution in [-0.2, 0) is 11.2 Å². The molecule has 2 nitrogen and oxygen atoms in total. The fraction of sp³-hybridized carbons (Fsp3) is 0.278. The summed E-state index contributed by atoms with van der Waals surface area (Å²) >= 11 is 11.8. The zero-order chi connectivity index (χ0) is 15.9. The van der Waals surface area contributed by atoms with Gasteiger partial charge in [-0.1, -0.05) is 66.5 Å². The fourth-order valence-corrected chi connectivity index (χ4v) is 2.59. The largest absolute Gasteiger partial charge is 0.356 e. The third kappa shape index (κ3) is 5.04. The number of carbonyl (C=O) groups is 1. The second-order valence-electron chi connectivity index (χ2n) is 5.38. The Morgan fingerprint density at radius 2 is 1.82 bits per heavy atom. The molecule has 0 radical (unpaired) electrons. The van der Waals surface area contributed by atoms with E-state index in [1.54, 1.807) is 12.1 Å². The predicted octanol–water partition coefficient (Wildman–Crippen LogP) is 4.85. The fourth-order valence-electron chi connectivity index (χ4n) is 2.27. The number of benzene rings is 2. The van der Waals surface area contributed by atoms with E-state index in [-0.39, 0.29) is 5.91 Å². The van der Waals surface area contributed by atoms with Gasteiger partial charge in [-0.05, 0) is 35.6 Å². The summed E-state index contributed by atoms with van der Waals surface area (Å²) in [5, 5.41) is 3.93. The molecule has 4 heteroatoms. The first-order chi connectivity index (χ1) is 10.6. The van der Waals surface area contributed by atoms with E-state index in [4.69, 9.17) is 23.2 Å². The van der Waals surface area contributed by atoms with Crippen molar-refractivity contribution >= 4 is 29.1 Å². The molecule has 116 valence electrons. The first kappa shape index (κ1) is 16.9. The van der Waals surface area contributed by atoms with E-state index in [1.807, 2.05) is 24.3 Å². The molecule has 0 aliphatic carbocycles. The van der Waals surface area contributed by atoms with Crippen LogP contribution in [0.5, 0.6) is 0 Å². The lowest BCUT2D eigenvalue weighted by atomic mass is 9.98. The molecule has 0 aromatic heterocycles. The van der Waals surface area contributed by atoms with E-state index in [9.17, 15) is 4.79 Å². The Balaban J connectivity index is 1.77. The Hall–Kier alpha value is -1.51. The van der Waals surface area contributed by atoms with E-state index in [1.165, 1.54) is 5.56 Å². The van der Waals surface area contributed by atoms with Crippen molar-refractivity contribution in [3.05, 3.63) is 69.7 Å². The lowest BCUT2D eigenvalue weighted by Crippen LogP contribution is -2.26.